The molecular formula is C20H21N3O5. The first-order valence-electron chi connectivity index (χ1n) is 8.71. The smallest absolute Gasteiger partial charge is 0.348 e. The Morgan fingerprint density at radius 2 is 1.96 bits per heavy atom. The highest BCUT2D eigenvalue weighted by Gasteiger charge is 2.21. The molecule has 0 aliphatic heterocycles. The van der Waals surface area contributed by atoms with Gasteiger partial charge in [0.05, 0.1) is 10.9 Å². The molecule has 0 aliphatic carbocycles. The van der Waals surface area contributed by atoms with Crippen LogP contribution in [0.25, 0.3) is 10.9 Å². The van der Waals surface area contributed by atoms with E-state index >= 15 is 0 Å². The summed E-state index contributed by atoms with van der Waals surface area (Å²) in [4.78, 5) is 28.4. The number of rotatable bonds is 6. The van der Waals surface area contributed by atoms with Crippen LogP contribution in [0.1, 0.15) is 22.3 Å². The minimum absolute atomic E-state index is 0.107. The van der Waals surface area contributed by atoms with Gasteiger partial charge in [0.2, 0.25) is 0 Å². The van der Waals surface area contributed by atoms with Crippen LogP contribution in [0.2, 0.25) is 0 Å². The molecule has 0 aliphatic rings. The summed E-state index contributed by atoms with van der Waals surface area (Å²) in [5, 5.41) is 22.1. The van der Waals surface area contributed by atoms with E-state index in [0.717, 1.165) is 16.7 Å². The monoisotopic (exact) mass is 383 g/mol. The molecule has 8 nitrogen and oxygen atoms in total. The van der Waals surface area contributed by atoms with Crippen LogP contribution < -0.4 is 16.7 Å². The zero-order chi connectivity index (χ0) is 20.4. The minimum atomic E-state index is -1.12. The number of hydrogen-bond acceptors (Lipinski definition) is 7. The van der Waals surface area contributed by atoms with Gasteiger partial charge in [-0.05, 0) is 54.3 Å². The van der Waals surface area contributed by atoms with Gasteiger partial charge >= 0.3 is 11.6 Å². The number of phenols is 1. The number of carboxylic acids is 1. The van der Waals surface area contributed by atoms with Gasteiger partial charge in [0.15, 0.2) is 0 Å². The molecule has 0 bridgehead atoms. The van der Waals surface area contributed by atoms with Crippen molar-refractivity contribution in [3.63, 3.8) is 0 Å². The van der Waals surface area contributed by atoms with Gasteiger partial charge in [-0.3, -0.25) is 0 Å². The Hall–Kier alpha value is -3.39. The van der Waals surface area contributed by atoms with Crippen molar-refractivity contribution in [2.75, 3.05) is 5.32 Å². The molecule has 0 saturated carbocycles. The van der Waals surface area contributed by atoms with Crippen molar-refractivity contribution < 1.29 is 19.4 Å². The van der Waals surface area contributed by atoms with Gasteiger partial charge in [-0.2, -0.15) is 4.98 Å². The fraction of sp³-hybridized carbons (Fsp3) is 0.250. The zero-order valence-corrected chi connectivity index (χ0v) is 15.5. The Morgan fingerprint density at radius 3 is 2.61 bits per heavy atom. The maximum absolute atomic E-state index is 12.4. The summed E-state index contributed by atoms with van der Waals surface area (Å²) in [6.45, 7) is 3.83. The molecule has 3 rings (SSSR count). The van der Waals surface area contributed by atoms with Gasteiger partial charge in [0.25, 0.3) is 6.01 Å². The number of nitrogens with zero attached hydrogens (tertiary/aromatic N) is 1. The van der Waals surface area contributed by atoms with Crippen molar-refractivity contribution in [2.45, 2.75) is 32.9 Å². The fourth-order valence-electron chi connectivity index (χ4n) is 3.12. The first-order chi connectivity index (χ1) is 13.3. The number of aliphatic carboxylic acids is 1. The first-order valence-corrected chi connectivity index (χ1v) is 8.71. The van der Waals surface area contributed by atoms with E-state index in [4.69, 9.17) is 10.2 Å². The Bertz CT molecular complexity index is 1110. The second kappa shape index (κ2) is 7.69. The topological polar surface area (TPSA) is 139 Å². The average Bonchev–Trinajstić information content (AvgIpc) is 2.63. The van der Waals surface area contributed by atoms with Crippen molar-refractivity contribution in [3.05, 3.63) is 63.0 Å². The van der Waals surface area contributed by atoms with E-state index in [1.165, 1.54) is 6.07 Å². The number of nitrogens with two attached hydrogens (primary N) is 1. The second-order valence-electron chi connectivity index (χ2n) is 6.60. The van der Waals surface area contributed by atoms with Crippen LogP contribution in [-0.2, 0) is 17.8 Å². The summed E-state index contributed by atoms with van der Waals surface area (Å²) < 4.78 is 5.22. The van der Waals surface area contributed by atoms with Gasteiger partial charge in [0, 0.05) is 13.0 Å². The third kappa shape index (κ3) is 3.81. The second-order valence-corrected chi connectivity index (χ2v) is 6.60. The highest BCUT2D eigenvalue weighted by molar-refractivity contribution is 5.83. The SMILES string of the molecule is Cc1cc(O)ccc1C[C@H](Nc1nc2ccc(CN)c(C)c2c(=O)o1)C(=O)O. The Labute approximate surface area is 160 Å². The molecule has 1 atom stereocenters. The Kier molecular flexibility index (Phi) is 5.32. The third-order valence-electron chi connectivity index (χ3n) is 4.74. The van der Waals surface area contributed by atoms with E-state index < -0.39 is 17.6 Å². The number of aryl methyl sites for hydroxylation is 2. The normalized spacial score (nSPS) is 12.1. The zero-order valence-electron chi connectivity index (χ0n) is 15.5. The molecule has 0 spiro atoms. The molecule has 3 aromatic rings. The Morgan fingerprint density at radius 1 is 1.25 bits per heavy atom. The van der Waals surface area contributed by atoms with Gasteiger partial charge < -0.3 is 25.7 Å². The molecule has 0 radical (unpaired) electrons. The molecule has 1 heterocycles. The van der Waals surface area contributed by atoms with Crippen molar-refractivity contribution in [1.29, 1.82) is 0 Å². The molecule has 2 aromatic carbocycles. The molecule has 146 valence electrons. The molecule has 0 unspecified atom stereocenters. The summed E-state index contributed by atoms with van der Waals surface area (Å²) in [7, 11) is 0. The van der Waals surface area contributed by atoms with E-state index in [-0.39, 0.29) is 24.7 Å². The number of benzene rings is 2. The number of fused-ring (bicyclic) bond motifs is 1. The fourth-order valence-corrected chi connectivity index (χ4v) is 3.12. The predicted octanol–water partition coefficient (Wildman–Crippen LogP) is 2.08. The quantitative estimate of drug-likeness (QED) is 0.507. The van der Waals surface area contributed by atoms with E-state index in [9.17, 15) is 19.8 Å². The van der Waals surface area contributed by atoms with Crippen LogP contribution in [0, 0.1) is 13.8 Å². The standard InChI is InChI=1S/C20H21N3O5/c1-10-7-14(24)5-3-12(10)8-16(18(25)26)23-20-22-15-6-4-13(9-21)11(2)17(15)19(27)28-20/h3-7,16,24H,8-9,21H2,1-2H3,(H,22,23)(H,25,26)/t16-/m0/s1. The lowest BCUT2D eigenvalue weighted by molar-refractivity contribution is -0.137. The maximum Gasteiger partial charge on any atom is 0.348 e. The number of aromatic hydroxyl groups is 1. The number of nitrogens with one attached hydrogen (secondary N) is 1. The molecule has 0 amide bonds. The van der Waals surface area contributed by atoms with Crippen LogP contribution in [0.3, 0.4) is 0 Å². The highest BCUT2D eigenvalue weighted by atomic mass is 16.4. The van der Waals surface area contributed by atoms with Crippen molar-refractivity contribution in [1.82, 2.24) is 4.98 Å². The van der Waals surface area contributed by atoms with E-state index in [0.29, 0.717) is 16.5 Å². The van der Waals surface area contributed by atoms with Crippen LogP contribution in [0.5, 0.6) is 5.75 Å². The molecule has 5 N–H and O–H groups in total. The largest absolute Gasteiger partial charge is 0.508 e. The van der Waals surface area contributed by atoms with Gasteiger partial charge in [-0.1, -0.05) is 12.1 Å². The predicted molar refractivity (Wildman–Crippen MR) is 105 cm³/mol. The molecular weight excluding hydrogens is 362 g/mol. The highest BCUT2D eigenvalue weighted by Crippen LogP contribution is 2.21. The number of carbonyl (C=O) groups is 1. The van der Waals surface area contributed by atoms with Gasteiger partial charge in [-0.15, -0.1) is 0 Å². The van der Waals surface area contributed by atoms with E-state index in [2.05, 4.69) is 10.3 Å². The number of hydrogen-bond donors (Lipinski definition) is 4. The summed E-state index contributed by atoms with van der Waals surface area (Å²) >= 11 is 0. The lowest BCUT2D eigenvalue weighted by Crippen LogP contribution is -2.32. The average molecular weight is 383 g/mol. The van der Waals surface area contributed by atoms with Crippen molar-refractivity contribution in [3.8, 4) is 5.75 Å². The third-order valence-corrected chi connectivity index (χ3v) is 4.74. The van der Waals surface area contributed by atoms with E-state index in [1.807, 2.05) is 0 Å². The summed E-state index contributed by atoms with van der Waals surface area (Å²) in [6, 6.07) is 6.91. The Balaban J connectivity index is 1.94. The lowest BCUT2D eigenvalue weighted by Gasteiger charge is -2.16. The summed E-state index contributed by atoms with van der Waals surface area (Å²) in [6.07, 6.45) is 0.121. The van der Waals surface area contributed by atoms with Crippen LogP contribution in [-0.4, -0.2) is 27.2 Å². The summed E-state index contributed by atoms with van der Waals surface area (Å²) in [5.74, 6) is -1.01. The summed E-state index contributed by atoms with van der Waals surface area (Å²) in [5.41, 5.74) is 8.47. The number of carboxylic acid groups (broad SMARTS) is 1. The molecule has 0 saturated heterocycles. The molecule has 1 aromatic heterocycles. The van der Waals surface area contributed by atoms with Gasteiger partial charge in [0.1, 0.15) is 11.8 Å². The number of phenolic OH excluding ortho intramolecular Hbond substituents is 1. The number of anilines is 1. The molecule has 8 heteroatoms. The van der Waals surface area contributed by atoms with Crippen molar-refractivity contribution >= 4 is 22.9 Å². The van der Waals surface area contributed by atoms with Crippen LogP contribution >= 0.6 is 0 Å². The molecule has 28 heavy (non-hydrogen) atoms. The maximum atomic E-state index is 12.4. The minimum Gasteiger partial charge on any atom is -0.508 e. The van der Waals surface area contributed by atoms with Gasteiger partial charge in [-0.25, -0.2) is 9.59 Å². The first kappa shape index (κ1) is 19.4. The molecule has 0 fully saturated rings. The van der Waals surface area contributed by atoms with E-state index in [1.54, 1.807) is 38.1 Å². The van der Waals surface area contributed by atoms with Crippen molar-refractivity contribution in [2.24, 2.45) is 5.73 Å². The lowest BCUT2D eigenvalue weighted by atomic mass is 10.0. The van der Waals surface area contributed by atoms with Crippen LogP contribution in [0.4, 0.5) is 6.01 Å². The number of aromatic nitrogens is 1. The van der Waals surface area contributed by atoms with Crippen LogP contribution in [0.15, 0.2) is 39.5 Å².